The molecule has 2 amide bonds. The van der Waals surface area contributed by atoms with Gasteiger partial charge in [0.25, 0.3) is 11.8 Å². The number of carbonyl (C=O) groups is 2. The van der Waals surface area contributed by atoms with E-state index >= 15 is 0 Å². The Hall–Kier alpha value is -3.27. The van der Waals surface area contributed by atoms with Crippen LogP contribution in [0.15, 0.2) is 42.5 Å². The molecule has 174 valence electrons. The molecule has 2 rings (SSSR count). The number of hydrogen-bond acceptors (Lipinski definition) is 7. The molecule has 0 radical (unpaired) electrons. The number of carbonyl (C=O) groups excluding carboxylic acids is 2. The number of anilines is 1. The Bertz CT molecular complexity index is 1050. The molecule has 2 aromatic rings. The number of methoxy groups -OCH3 is 1. The molecule has 0 saturated heterocycles. The van der Waals surface area contributed by atoms with Gasteiger partial charge in [0, 0.05) is 29.6 Å². The molecule has 0 aliphatic heterocycles. The summed E-state index contributed by atoms with van der Waals surface area (Å²) in [4.78, 5) is 24.4. The molecule has 9 nitrogen and oxygen atoms in total. The molecule has 0 heterocycles. The van der Waals surface area contributed by atoms with Gasteiger partial charge in [-0.2, -0.15) is 0 Å². The average molecular weight is 465 g/mol. The van der Waals surface area contributed by atoms with Crippen LogP contribution in [-0.2, 0) is 14.6 Å². The van der Waals surface area contributed by atoms with Crippen LogP contribution in [0.1, 0.15) is 24.2 Å². The third-order valence-electron chi connectivity index (χ3n) is 4.05. The predicted octanol–water partition coefficient (Wildman–Crippen LogP) is 2.27. The molecular formula is C22H28N2O7S. The van der Waals surface area contributed by atoms with Crippen molar-refractivity contribution in [2.24, 2.45) is 0 Å². The zero-order valence-electron chi connectivity index (χ0n) is 18.5. The standard InChI is InChI=1S/C22H28N2O7S/c1-15(2)23-21(25)14-31-19-9-8-16(12-20(19)29-3)22(26)24-17-6-5-7-18(13-17)30-10-11-32(4,27)28/h5-9,12-13,15H,10-11,14H2,1-4H3,(H,23,25)(H,24,26). The maximum atomic E-state index is 12.6. The second-order valence-electron chi connectivity index (χ2n) is 7.34. The topological polar surface area (TPSA) is 120 Å². The maximum Gasteiger partial charge on any atom is 0.258 e. The summed E-state index contributed by atoms with van der Waals surface area (Å²) in [5.74, 6) is 0.337. The first-order chi connectivity index (χ1) is 15.1. The van der Waals surface area contributed by atoms with E-state index in [1.54, 1.807) is 36.4 Å². The van der Waals surface area contributed by atoms with Gasteiger partial charge in [0.1, 0.15) is 12.4 Å². The maximum absolute atomic E-state index is 12.6. The summed E-state index contributed by atoms with van der Waals surface area (Å²) >= 11 is 0. The molecule has 0 fully saturated rings. The molecule has 0 aliphatic rings. The number of sulfone groups is 1. The van der Waals surface area contributed by atoms with E-state index in [-0.39, 0.29) is 36.8 Å². The highest BCUT2D eigenvalue weighted by molar-refractivity contribution is 7.90. The molecular weight excluding hydrogens is 436 g/mol. The molecule has 0 spiro atoms. The van der Waals surface area contributed by atoms with Gasteiger partial charge < -0.3 is 24.8 Å². The van der Waals surface area contributed by atoms with E-state index in [4.69, 9.17) is 14.2 Å². The molecule has 0 aromatic heterocycles. The minimum Gasteiger partial charge on any atom is -0.493 e. The van der Waals surface area contributed by atoms with Crippen LogP contribution >= 0.6 is 0 Å². The van der Waals surface area contributed by atoms with Gasteiger partial charge >= 0.3 is 0 Å². The fourth-order valence-corrected chi connectivity index (χ4v) is 3.00. The number of nitrogens with one attached hydrogen (secondary N) is 2. The Morgan fingerprint density at radius 3 is 2.44 bits per heavy atom. The highest BCUT2D eigenvalue weighted by Crippen LogP contribution is 2.28. The van der Waals surface area contributed by atoms with Crippen molar-refractivity contribution in [1.29, 1.82) is 0 Å². The Labute approximate surface area is 188 Å². The van der Waals surface area contributed by atoms with Crippen LogP contribution < -0.4 is 24.8 Å². The van der Waals surface area contributed by atoms with E-state index in [1.165, 1.54) is 13.2 Å². The Morgan fingerprint density at radius 2 is 1.78 bits per heavy atom. The lowest BCUT2D eigenvalue weighted by Crippen LogP contribution is -2.34. The van der Waals surface area contributed by atoms with E-state index in [9.17, 15) is 18.0 Å². The first-order valence-corrected chi connectivity index (χ1v) is 12.0. The van der Waals surface area contributed by atoms with Gasteiger partial charge in [0.15, 0.2) is 27.9 Å². The lowest BCUT2D eigenvalue weighted by Gasteiger charge is -2.13. The summed E-state index contributed by atoms with van der Waals surface area (Å²) < 4.78 is 38.6. The molecule has 0 saturated carbocycles. The van der Waals surface area contributed by atoms with Crippen LogP contribution in [0.3, 0.4) is 0 Å². The van der Waals surface area contributed by atoms with Gasteiger partial charge in [-0.25, -0.2) is 8.42 Å². The van der Waals surface area contributed by atoms with Crippen molar-refractivity contribution in [3.63, 3.8) is 0 Å². The van der Waals surface area contributed by atoms with Crippen molar-refractivity contribution in [1.82, 2.24) is 5.32 Å². The number of hydrogen-bond donors (Lipinski definition) is 2. The fraction of sp³-hybridized carbons (Fsp3) is 0.364. The second-order valence-corrected chi connectivity index (χ2v) is 9.60. The van der Waals surface area contributed by atoms with Crippen LogP contribution in [-0.4, -0.2) is 58.6 Å². The Balaban J connectivity index is 2.02. The van der Waals surface area contributed by atoms with Gasteiger partial charge in [-0.15, -0.1) is 0 Å². The molecule has 0 bridgehead atoms. The zero-order valence-corrected chi connectivity index (χ0v) is 19.3. The SMILES string of the molecule is COc1cc(C(=O)Nc2cccc(OCCS(C)(=O)=O)c2)ccc1OCC(=O)NC(C)C. The minimum atomic E-state index is -3.12. The van der Waals surface area contributed by atoms with E-state index < -0.39 is 9.84 Å². The largest absolute Gasteiger partial charge is 0.493 e. The average Bonchev–Trinajstić information content (AvgIpc) is 2.71. The van der Waals surface area contributed by atoms with Crippen molar-refractivity contribution in [2.45, 2.75) is 19.9 Å². The first kappa shape index (κ1) is 25.0. The van der Waals surface area contributed by atoms with Crippen molar-refractivity contribution in [2.75, 3.05) is 37.6 Å². The van der Waals surface area contributed by atoms with Gasteiger partial charge in [0.05, 0.1) is 12.9 Å². The third kappa shape index (κ3) is 8.46. The number of benzene rings is 2. The van der Waals surface area contributed by atoms with Crippen molar-refractivity contribution in [3.8, 4) is 17.2 Å². The fourth-order valence-electron chi connectivity index (χ4n) is 2.61. The normalized spacial score (nSPS) is 11.0. The monoisotopic (exact) mass is 464 g/mol. The molecule has 32 heavy (non-hydrogen) atoms. The summed E-state index contributed by atoms with van der Waals surface area (Å²) in [5.41, 5.74) is 0.806. The second kappa shape index (κ2) is 11.4. The van der Waals surface area contributed by atoms with E-state index in [0.717, 1.165) is 6.26 Å². The zero-order chi connectivity index (χ0) is 23.7. The smallest absolute Gasteiger partial charge is 0.258 e. The van der Waals surface area contributed by atoms with Crippen molar-refractivity contribution < 1.29 is 32.2 Å². The van der Waals surface area contributed by atoms with Gasteiger partial charge in [-0.05, 0) is 44.2 Å². The van der Waals surface area contributed by atoms with Crippen LogP contribution in [0, 0.1) is 0 Å². The molecule has 10 heteroatoms. The highest BCUT2D eigenvalue weighted by atomic mass is 32.2. The van der Waals surface area contributed by atoms with Gasteiger partial charge in [-0.1, -0.05) is 6.07 Å². The minimum absolute atomic E-state index is 0.00246. The molecule has 0 unspecified atom stereocenters. The van der Waals surface area contributed by atoms with E-state index in [2.05, 4.69) is 10.6 Å². The van der Waals surface area contributed by atoms with Gasteiger partial charge in [-0.3, -0.25) is 9.59 Å². The lowest BCUT2D eigenvalue weighted by atomic mass is 10.1. The van der Waals surface area contributed by atoms with Crippen LogP contribution in [0.4, 0.5) is 5.69 Å². The Morgan fingerprint density at radius 1 is 1.03 bits per heavy atom. The van der Waals surface area contributed by atoms with Crippen molar-refractivity contribution >= 4 is 27.3 Å². The summed E-state index contributed by atoms with van der Waals surface area (Å²) in [5, 5.41) is 5.47. The van der Waals surface area contributed by atoms with E-state index in [1.807, 2.05) is 13.8 Å². The van der Waals surface area contributed by atoms with Crippen LogP contribution in [0.2, 0.25) is 0 Å². The predicted molar refractivity (Wildman–Crippen MR) is 121 cm³/mol. The summed E-state index contributed by atoms with van der Waals surface area (Å²) in [6.07, 6.45) is 1.14. The summed E-state index contributed by atoms with van der Waals surface area (Å²) in [6, 6.07) is 11.3. The number of rotatable bonds is 11. The first-order valence-electron chi connectivity index (χ1n) is 9.89. The van der Waals surface area contributed by atoms with Gasteiger partial charge in [0.2, 0.25) is 0 Å². The molecule has 0 aliphatic carbocycles. The van der Waals surface area contributed by atoms with Crippen LogP contribution in [0.5, 0.6) is 17.2 Å². The Kier molecular flexibility index (Phi) is 8.89. The van der Waals surface area contributed by atoms with Crippen LogP contribution in [0.25, 0.3) is 0 Å². The molecule has 0 atom stereocenters. The highest BCUT2D eigenvalue weighted by Gasteiger charge is 2.13. The number of ether oxygens (including phenoxy) is 3. The van der Waals surface area contributed by atoms with E-state index in [0.29, 0.717) is 28.5 Å². The number of amides is 2. The molecule has 2 aromatic carbocycles. The summed E-state index contributed by atoms with van der Waals surface area (Å²) in [7, 11) is -1.68. The quantitative estimate of drug-likeness (QED) is 0.523. The lowest BCUT2D eigenvalue weighted by molar-refractivity contribution is -0.123. The van der Waals surface area contributed by atoms with Crippen molar-refractivity contribution in [3.05, 3.63) is 48.0 Å². The summed E-state index contributed by atoms with van der Waals surface area (Å²) in [6.45, 7) is 3.54. The molecule has 2 N–H and O–H groups in total. The third-order valence-corrected chi connectivity index (χ3v) is 4.96.